The topological polar surface area (TPSA) is 0 Å². The molecule has 0 fully saturated rings. The lowest BCUT2D eigenvalue weighted by molar-refractivity contribution is 0.624. The molecule has 1 aromatic carbocycles. The highest BCUT2D eigenvalue weighted by atomic mass is 79.9. The highest BCUT2D eigenvalue weighted by Crippen LogP contribution is 2.39. The van der Waals surface area contributed by atoms with E-state index < -0.39 is 0 Å². The van der Waals surface area contributed by atoms with Gasteiger partial charge in [0, 0.05) is 4.83 Å². The maximum Gasteiger partial charge on any atom is 0.123 e. The van der Waals surface area contributed by atoms with Crippen LogP contribution in [0.25, 0.3) is 0 Å². The predicted octanol–water partition coefficient (Wildman–Crippen LogP) is 3.52. The Kier molecular flexibility index (Phi) is 1.95. The third-order valence-electron chi connectivity index (χ3n) is 2.46. The molecule has 1 aromatic rings. The van der Waals surface area contributed by atoms with E-state index in [0.717, 1.165) is 24.0 Å². The summed E-state index contributed by atoms with van der Waals surface area (Å²) in [6, 6.07) is 3.26. The van der Waals surface area contributed by atoms with Crippen LogP contribution >= 0.6 is 15.9 Å². The lowest BCUT2D eigenvalue weighted by atomic mass is 10.0. The molecule has 0 amide bonds. The molecule has 1 unspecified atom stereocenters. The van der Waals surface area contributed by atoms with Crippen molar-refractivity contribution in [2.75, 3.05) is 0 Å². The van der Waals surface area contributed by atoms with Crippen LogP contribution in [-0.4, -0.2) is 0 Å². The minimum Gasteiger partial charge on any atom is -0.207 e. The first-order valence-electron chi connectivity index (χ1n) is 4.11. The van der Waals surface area contributed by atoms with Crippen molar-refractivity contribution < 1.29 is 4.39 Å². The largest absolute Gasteiger partial charge is 0.207 e. The van der Waals surface area contributed by atoms with Gasteiger partial charge in [0.2, 0.25) is 0 Å². The lowest BCUT2D eigenvalue weighted by Gasteiger charge is -2.05. The maximum atomic E-state index is 13.0. The van der Waals surface area contributed by atoms with E-state index in [0.29, 0.717) is 4.83 Å². The molecule has 0 radical (unpaired) electrons. The summed E-state index contributed by atoms with van der Waals surface area (Å²) in [6.45, 7) is 1.98. The molecule has 0 saturated heterocycles. The summed E-state index contributed by atoms with van der Waals surface area (Å²) in [6.07, 6.45) is 2.18. The number of alkyl halides is 1. The Labute approximate surface area is 79.9 Å². The van der Waals surface area contributed by atoms with Crippen LogP contribution in [0.1, 0.15) is 27.9 Å². The zero-order chi connectivity index (χ0) is 8.72. The van der Waals surface area contributed by atoms with Gasteiger partial charge in [-0.05, 0) is 48.6 Å². The summed E-state index contributed by atoms with van der Waals surface area (Å²) in [4.78, 5) is 0.363. The van der Waals surface area contributed by atoms with Gasteiger partial charge in [0.25, 0.3) is 0 Å². The molecule has 12 heavy (non-hydrogen) atoms. The first-order chi connectivity index (χ1) is 5.68. The van der Waals surface area contributed by atoms with Gasteiger partial charge in [0.05, 0.1) is 0 Å². The van der Waals surface area contributed by atoms with Crippen molar-refractivity contribution in [3.63, 3.8) is 0 Å². The number of halogens is 2. The molecule has 0 saturated carbocycles. The fourth-order valence-corrected chi connectivity index (χ4v) is 2.48. The van der Waals surface area contributed by atoms with Gasteiger partial charge in [-0.25, -0.2) is 4.39 Å². The van der Waals surface area contributed by atoms with Gasteiger partial charge >= 0.3 is 0 Å². The molecule has 0 aliphatic heterocycles. The van der Waals surface area contributed by atoms with Crippen molar-refractivity contribution in [3.8, 4) is 0 Å². The predicted molar refractivity (Wildman–Crippen MR) is 51.1 cm³/mol. The van der Waals surface area contributed by atoms with E-state index in [2.05, 4.69) is 15.9 Å². The zero-order valence-electron chi connectivity index (χ0n) is 6.90. The van der Waals surface area contributed by atoms with Gasteiger partial charge in [0.15, 0.2) is 0 Å². The first-order valence-corrected chi connectivity index (χ1v) is 5.03. The zero-order valence-corrected chi connectivity index (χ0v) is 8.49. The summed E-state index contributed by atoms with van der Waals surface area (Å²) in [7, 11) is 0. The summed E-state index contributed by atoms with van der Waals surface area (Å²) in [5.74, 6) is -0.113. The second-order valence-corrected chi connectivity index (χ2v) is 4.40. The highest BCUT2D eigenvalue weighted by Gasteiger charge is 2.21. The van der Waals surface area contributed by atoms with Crippen molar-refractivity contribution in [3.05, 3.63) is 34.6 Å². The van der Waals surface area contributed by atoms with E-state index >= 15 is 0 Å². The van der Waals surface area contributed by atoms with Crippen LogP contribution in [0.3, 0.4) is 0 Å². The van der Waals surface area contributed by atoms with Crippen LogP contribution in [0.2, 0.25) is 0 Å². The van der Waals surface area contributed by atoms with Gasteiger partial charge in [-0.1, -0.05) is 15.9 Å². The molecule has 0 nitrogen and oxygen atoms in total. The molecule has 1 aliphatic carbocycles. The number of rotatable bonds is 0. The standard InChI is InChI=1S/C10H10BrF/c1-6-4-7(12)5-9-8(6)2-3-10(9)11/h4-5,10H,2-3H2,1H3. The molecule has 0 bridgehead atoms. The molecule has 1 atom stereocenters. The Morgan fingerprint density at radius 3 is 3.00 bits per heavy atom. The van der Waals surface area contributed by atoms with Crippen molar-refractivity contribution in [2.24, 2.45) is 0 Å². The number of benzene rings is 1. The Bertz CT molecular complexity index is 320. The minimum absolute atomic E-state index is 0.113. The van der Waals surface area contributed by atoms with E-state index in [9.17, 15) is 4.39 Å². The van der Waals surface area contributed by atoms with Crippen LogP contribution in [-0.2, 0) is 6.42 Å². The van der Waals surface area contributed by atoms with Gasteiger partial charge in [-0.2, -0.15) is 0 Å². The monoisotopic (exact) mass is 228 g/mol. The number of hydrogen-bond donors (Lipinski definition) is 0. The quantitative estimate of drug-likeness (QED) is 0.597. The van der Waals surface area contributed by atoms with Crippen LogP contribution in [0.5, 0.6) is 0 Å². The molecular formula is C10H10BrF. The van der Waals surface area contributed by atoms with Crippen molar-refractivity contribution >= 4 is 15.9 Å². The average molecular weight is 229 g/mol. The Morgan fingerprint density at radius 2 is 2.25 bits per heavy atom. The Balaban J connectivity index is 2.60. The number of hydrogen-bond acceptors (Lipinski definition) is 0. The molecular weight excluding hydrogens is 219 g/mol. The van der Waals surface area contributed by atoms with Gasteiger partial charge in [-0.15, -0.1) is 0 Å². The van der Waals surface area contributed by atoms with Crippen molar-refractivity contribution in [2.45, 2.75) is 24.6 Å². The summed E-state index contributed by atoms with van der Waals surface area (Å²) in [5, 5.41) is 0. The number of fused-ring (bicyclic) bond motifs is 1. The summed E-state index contributed by atoms with van der Waals surface area (Å²) in [5.41, 5.74) is 3.57. The molecule has 0 N–H and O–H groups in total. The van der Waals surface area contributed by atoms with E-state index in [4.69, 9.17) is 0 Å². The average Bonchev–Trinajstić information content (AvgIpc) is 2.33. The molecule has 0 aromatic heterocycles. The number of aryl methyl sites for hydroxylation is 1. The summed E-state index contributed by atoms with van der Waals surface area (Å²) >= 11 is 3.54. The highest BCUT2D eigenvalue weighted by molar-refractivity contribution is 9.09. The fraction of sp³-hybridized carbons (Fsp3) is 0.400. The second-order valence-electron chi connectivity index (χ2n) is 3.30. The first kappa shape index (κ1) is 8.24. The second kappa shape index (κ2) is 2.84. The van der Waals surface area contributed by atoms with E-state index in [1.54, 1.807) is 12.1 Å². The van der Waals surface area contributed by atoms with Crippen molar-refractivity contribution in [1.29, 1.82) is 0 Å². The van der Waals surface area contributed by atoms with E-state index in [1.165, 1.54) is 5.56 Å². The van der Waals surface area contributed by atoms with E-state index in [1.807, 2.05) is 6.92 Å². The smallest absolute Gasteiger partial charge is 0.123 e. The van der Waals surface area contributed by atoms with Gasteiger partial charge in [0.1, 0.15) is 5.82 Å². The maximum absolute atomic E-state index is 13.0. The van der Waals surface area contributed by atoms with Crippen LogP contribution in [0.15, 0.2) is 12.1 Å². The molecule has 0 spiro atoms. The Morgan fingerprint density at radius 1 is 1.50 bits per heavy atom. The third-order valence-corrected chi connectivity index (χ3v) is 3.41. The molecule has 2 heteroatoms. The lowest BCUT2D eigenvalue weighted by Crippen LogP contribution is -1.90. The molecule has 0 heterocycles. The summed E-state index contributed by atoms with van der Waals surface area (Å²) < 4.78 is 13.0. The molecule has 64 valence electrons. The minimum atomic E-state index is -0.113. The molecule has 2 rings (SSSR count). The van der Waals surface area contributed by atoms with Gasteiger partial charge in [-0.3, -0.25) is 0 Å². The van der Waals surface area contributed by atoms with Gasteiger partial charge < -0.3 is 0 Å². The molecule has 1 aliphatic rings. The SMILES string of the molecule is Cc1cc(F)cc2c1CCC2Br. The van der Waals surface area contributed by atoms with Crippen LogP contribution < -0.4 is 0 Å². The van der Waals surface area contributed by atoms with Crippen LogP contribution in [0, 0.1) is 12.7 Å². The normalized spacial score (nSPS) is 21.1. The fourth-order valence-electron chi connectivity index (χ4n) is 1.85. The van der Waals surface area contributed by atoms with Crippen molar-refractivity contribution in [1.82, 2.24) is 0 Å². The third kappa shape index (κ3) is 1.18. The van der Waals surface area contributed by atoms with E-state index in [-0.39, 0.29) is 5.82 Å². The van der Waals surface area contributed by atoms with Crippen LogP contribution in [0.4, 0.5) is 4.39 Å². The Hall–Kier alpha value is -0.370.